The Balaban J connectivity index is 2.29. The summed E-state index contributed by atoms with van der Waals surface area (Å²) in [5.74, 6) is 0. The van der Waals surface area contributed by atoms with Gasteiger partial charge in [-0.15, -0.1) is 0 Å². The van der Waals surface area contributed by atoms with E-state index >= 15 is 0 Å². The molecule has 74 valence electrons. The molecule has 5 nitrogen and oxygen atoms in total. The molecule has 0 fully saturated rings. The summed E-state index contributed by atoms with van der Waals surface area (Å²) in [6.07, 6.45) is 5.31. The number of imidazole rings is 1. The minimum absolute atomic E-state index is 0.625. The summed E-state index contributed by atoms with van der Waals surface area (Å²) in [6.45, 7) is 0. The predicted molar refractivity (Wildman–Crippen MR) is 57.2 cm³/mol. The van der Waals surface area contributed by atoms with Crippen molar-refractivity contribution in [1.29, 1.82) is 0 Å². The van der Waals surface area contributed by atoms with Crippen molar-refractivity contribution >= 4 is 11.3 Å². The van der Waals surface area contributed by atoms with Crippen molar-refractivity contribution < 1.29 is 0 Å². The van der Waals surface area contributed by atoms with E-state index in [0.717, 1.165) is 11.4 Å². The monoisotopic (exact) mass is 199 g/mol. The minimum Gasteiger partial charge on any atom is -0.396 e. The number of H-pyrrole nitrogens is 1. The van der Waals surface area contributed by atoms with E-state index < -0.39 is 0 Å². The summed E-state index contributed by atoms with van der Waals surface area (Å²) >= 11 is 0. The van der Waals surface area contributed by atoms with E-state index in [1.54, 1.807) is 16.9 Å². The molecule has 0 amide bonds. The average Bonchev–Trinajstić information content (AvgIpc) is 2.88. The molecule has 0 bridgehead atoms. The first-order valence-corrected chi connectivity index (χ1v) is 4.58. The Kier molecular flexibility index (Phi) is 1.53. The molecule has 0 saturated heterocycles. The van der Waals surface area contributed by atoms with Gasteiger partial charge in [-0.1, -0.05) is 0 Å². The smallest absolute Gasteiger partial charge is 0.176 e. The standard InChI is InChI=1S/C10H9N5/c11-7-6-9(8-2-1-3-12-8)14-15-5-4-13-10(7)15/h1-6,12H,11H2. The van der Waals surface area contributed by atoms with Crippen molar-refractivity contribution in [2.24, 2.45) is 0 Å². The third-order valence-electron chi connectivity index (χ3n) is 2.26. The summed E-state index contributed by atoms with van der Waals surface area (Å²) in [6, 6.07) is 5.68. The highest BCUT2D eigenvalue weighted by Gasteiger charge is 2.05. The van der Waals surface area contributed by atoms with Crippen molar-refractivity contribution in [3.63, 3.8) is 0 Å². The molecule has 15 heavy (non-hydrogen) atoms. The first kappa shape index (κ1) is 8.05. The quantitative estimate of drug-likeness (QED) is 0.620. The van der Waals surface area contributed by atoms with E-state index in [4.69, 9.17) is 5.73 Å². The zero-order valence-electron chi connectivity index (χ0n) is 7.88. The number of aromatic nitrogens is 4. The number of nitrogens with zero attached hydrogens (tertiary/aromatic N) is 3. The highest BCUT2D eigenvalue weighted by Crippen LogP contribution is 2.19. The van der Waals surface area contributed by atoms with Crippen LogP contribution in [0.15, 0.2) is 36.8 Å². The van der Waals surface area contributed by atoms with E-state index in [9.17, 15) is 0 Å². The van der Waals surface area contributed by atoms with Crippen molar-refractivity contribution in [3.8, 4) is 11.4 Å². The minimum atomic E-state index is 0.625. The van der Waals surface area contributed by atoms with Crippen molar-refractivity contribution in [2.45, 2.75) is 0 Å². The van der Waals surface area contributed by atoms with E-state index in [2.05, 4.69) is 15.1 Å². The Hall–Kier alpha value is -2.30. The van der Waals surface area contributed by atoms with Gasteiger partial charge in [-0.25, -0.2) is 9.50 Å². The Morgan fingerprint density at radius 3 is 3.13 bits per heavy atom. The SMILES string of the molecule is Nc1cc(-c2ccc[nH]2)nn2ccnc12. The maximum atomic E-state index is 5.87. The van der Waals surface area contributed by atoms with E-state index in [0.29, 0.717) is 11.3 Å². The van der Waals surface area contributed by atoms with Crippen LogP contribution in [0.2, 0.25) is 0 Å². The van der Waals surface area contributed by atoms with Gasteiger partial charge in [0.1, 0.15) is 5.69 Å². The molecule has 3 heterocycles. The fourth-order valence-corrected chi connectivity index (χ4v) is 1.56. The van der Waals surface area contributed by atoms with Crippen LogP contribution in [0, 0.1) is 0 Å². The van der Waals surface area contributed by atoms with Gasteiger partial charge in [0.05, 0.1) is 11.4 Å². The van der Waals surface area contributed by atoms with Crippen LogP contribution in [-0.2, 0) is 0 Å². The number of anilines is 1. The first-order valence-electron chi connectivity index (χ1n) is 4.58. The molecule has 5 heteroatoms. The number of hydrogen-bond acceptors (Lipinski definition) is 3. The van der Waals surface area contributed by atoms with E-state index in [-0.39, 0.29) is 0 Å². The van der Waals surface area contributed by atoms with Crippen molar-refractivity contribution in [2.75, 3.05) is 5.73 Å². The highest BCUT2D eigenvalue weighted by atomic mass is 15.3. The Labute approximate surface area is 85.6 Å². The summed E-state index contributed by atoms with van der Waals surface area (Å²) in [7, 11) is 0. The van der Waals surface area contributed by atoms with Crippen LogP contribution in [0.3, 0.4) is 0 Å². The molecule has 0 aliphatic rings. The van der Waals surface area contributed by atoms with Crippen LogP contribution >= 0.6 is 0 Å². The summed E-state index contributed by atoms with van der Waals surface area (Å²) in [5, 5.41) is 4.38. The average molecular weight is 199 g/mol. The van der Waals surface area contributed by atoms with Gasteiger partial charge in [-0.3, -0.25) is 0 Å². The van der Waals surface area contributed by atoms with Crippen LogP contribution in [0.5, 0.6) is 0 Å². The highest BCUT2D eigenvalue weighted by molar-refractivity contribution is 5.70. The molecule has 0 aromatic carbocycles. The Bertz CT molecular complexity index is 593. The van der Waals surface area contributed by atoms with Gasteiger partial charge >= 0.3 is 0 Å². The summed E-state index contributed by atoms with van der Waals surface area (Å²) < 4.78 is 1.67. The number of rotatable bonds is 1. The molecule has 3 N–H and O–H groups in total. The molecule has 3 aromatic heterocycles. The molecule has 0 spiro atoms. The fourth-order valence-electron chi connectivity index (χ4n) is 1.56. The molecule has 0 unspecified atom stereocenters. The van der Waals surface area contributed by atoms with Crippen molar-refractivity contribution in [1.82, 2.24) is 19.6 Å². The zero-order chi connectivity index (χ0) is 10.3. The second-order valence-electron chi connectivity index (χ2n) is 3.26. The number of aromatic amines is 1. The molecular formula is C10H9N5. The normalized spacial score (nSPS) is 10.9. The fraction of sp³-hybridized carbons (Fsp3) is 0. The van der Waals surface area contributed by atoms with Crippen LogP contribution in [0.4, 0.5) is 5.69 Å². The van der Waals surface area contributed by atoms with E-state index in [1.165, 1.54) is 0 Å². The predicted octanol–water partition coefficient (Wildman–Crippen LogP) is 1.31. The van der Waals surface area contributed by atoms with Crippen LogP contribution in [0.25, 0.3) is 17.0 Å². The van der Waals surface area contributed by atoms with Crippen LogP contribution in [0.1, 0.15) is 0 Å². The largest absolute Gasteiger partial charge is 0.396 e. The summed E-state index contributed by atoms with van der Waals surface area (Å²) in [4.78, 5) is 7.19. The lowest BCUT2D eigenvalue weighted by atomic mass is 10.3. The lowest BCUT2D eigenvalue weighted by Crippen LogP contribution is -1.98. The van der Waals surface area contributed by atoms with Crippen LogP contribution < -0.4 is 5.73 Å². The third-order valence-corrected chi connectivity index (χ3v) is 2.26. The van der Waals surface area contributed by atoms with Gasteiger partial charge < -0.3 is 10.7 Å². The van der Waals surface area contributed by atoms with E-state index in [1.807, 2.05) is 24.4 Å². The first-order chi connectivity index (χ1) is 7.34. The molecular weight excluding hydrogens is 190 g/mol. The molecule has 0 aliphatic heterocycles. The summed E-state index contributed by atoms with van der Waals surface area (Å²) in [5.41, 5.74) is 8.93. The van der Waals surface area contributed by atoms with Gasteiger partial charge in [0, 0.05) is 18.6 Å². The number of nitrogens with one attached hydrogen (secondary N) is 1. The molecule has 3 rings (SSSR count). The van der Waals surface area contributed by atoms with Gasteiger partial charge in [0.15, 0.2) is 5.65 Å². The topological polar surface area (TPSA) is 72.0 Å². The lowest BCUT2D eigenvalue weighted by Gasteiger charge is -2.01. The van der Waals surface area contributed by atoms with Crippen molar-refractivity contribution in [3.05, 3.63) is 36.8 Å². The number of hydrogen-bond donors (Lipinski definition) is 2. The molecule has 0 saturated carbocycles. The van der Waals surface area contributed by atoms with Gasteiger partial charge in [0.25, 0.3) is 0 Å². The molecule has 0 atom stereocenters. The third kappa shape index (κ3) is 1.17. The molecule has 0 aliphatic carbocycles. The molecule has 0 radical (unpaired) electrons. The van der Waals surface area contributed by atoms with Gasteiger partial charge in [-0.05, 0) is 18.2 Å². The Morgan fingerprint density at radius 1 is 1.40 bits per heavy atom. The number of nitrogens with two attached hydrogens (primary N) is 1. The maximum absolute atomic E-state index is 5.87. The van der Waals surface area contributed by atoms with Crippen LogP contribution in [-0.4, -0.2) is 19.6 Å². The second-order valence-corrected chi connectivity index (χ2v) is 3.26. The Morgan fingerprint density at radius 2 is 2.33 bits per heavy atom. The maximum Gasteiger partial charge on any atom is 0.176 e. The lowest BCUT2D eigenvalue weighted by molar-refractivity contribution is 0.941. The zero-order valence-corrected chi connectivity index (χ0v) is 7.88. The van der Waals surface area contributed by atoms with Gasteiger partial charge in [-0.2, -0.15) is 5.10 Å². The number of nitrogen functional groups attached to an aromatic ring is 1. The van der Waals surface area contributed by atoms with Gasteiger partial charge in [0.2, 0.25) is 0 Å². The number of fused-ring (bicyclic) bond motifs is 1. The molecule has 3 aromatic rings. The second kappa shape index (κ2) is 2.84.